The van der Waals surface area contributed by atoms with Gasteiger partial charge < -0.3 is 15.0 Å². The number of aromatic carboxylic acids is 1. The number of H-pyrrole nitrogens is 1. The van der Waals surface area contributed by atoms with Crippen molar-refractivity contribution in [3.63, 3.8) is 0 Å². The number of carboxylic acid groups (broad SMARTS) is 1. The SMILES string of the molecule is CC(=O)N1C2CCC1CC(C#Cc1cccc(C(=O)O)c1-c1ccc3cc[nH]c3c1)C2. The van der Waals surface area contributed by atoms with Gasteiger partial charge in [0.05, 0.1) is 5.56 Å². The highest BCUT2D eigenvalue weighted by Gasteiger charge is 2.41. The van der Waals surface area contributed by atoms with Gasteiger partial charge in [-0.3, -0.25) is 4.79 Å². The Morgan fingerprint density at radius 2 is 1.87 bits per heavy atom. The van der Waals surface area contributed by atoms with Crippen LogP contribution >= 0.6 is 0 Å². The molecule has 156 valence electrons. The highest BCUT2D eigenvalue weighted by Crippen LogP contribution is 2.38. The van der Waals surface area contributed by atoms with Crippen LogP contribution < -0.4 is 0 Å². The van der Waals surface area contributed by atoms with E-state index in [9.17, 15) is 14.7 Å². The van der Waals surface area contributed by atoms with Crippen molar-refractivity contribution in [2.24, 2.45) is 5.92 Å². The van der Waals surface area contributed by atoms with Crippen molar-refractivity contribution in [1.82, 2.24) is 9.88 Å². The molecule has 0 radical (unpaired) electrons. The lowest BCUT2D eigenvalue weighted by atomic mass is 9.89. The lowest BCUT2D eigenvalue weighted by Gasteiger charge is -2.36. The molecule has 2 N–H and O–H groups in total. The number of hydrogen-bond donors (Lipinski definition) is 2. The van der Waals surface area contributed by atoms with E-state index in [1.165, 1.54) is 0 Å². The zero-order chi connectivity index (χ0) is 21.5. The first-order valence-electron chi connectivity index (χ1n) is 10.8. The number of benzene rings is 2. The first-order chi connectivity index (χ1) is 15.0. The second kappa shape index (κ2) is 7.63. The van der Waals surface area contributed by atoms with Gasteiger partial charge in [0.1, 0.15) is 0 Å². The maximum absolute atomic E-state index is 12.0. The number of hydrogen-bond acceptors (Lipinski definition) is 2. The number of rotatable bonds is 2. The molecular formula is C26H24N2O3. The lowest BCUT2D eigenvalue weighted by molar-refractivity contribution is -0.133. The minimum absolute atomic E-state index is 0.162. The molecule has 0 spiro atoms. The first kappa shape index (κ1) is 19.4. The van der Waals surface area contributed by atoms with Crippen molar-refractivity contribution in [3.8, 4) is 23.0 Å². The van der Waals surface area contributed by atoms with Crippen LogP contribution in [0.2, 0.25) is 0 Å². The molecule has 3 heterocycles. The Morgan fingerprint density at radius 3 is 2.58 bits per heavy atom. The predicted octanol–water partition coefficient (Wildman–Crippen LogP) is 4.67. The molecule has 5 heteroatoms. The summed E-state index contributed by atoms with van der Waals surface area (Å²) in [6.45, 7) is 1.65. The Hall–Kier alpha value is -3.52. The summed E-state index contributed by atoms with van der Waals surface area (Å²) in [6.07, 6.45) is 5.77. The standard InChI is InChI=1S/C26H24N2O3/c1-16(29)28-21-9-10-22(28)14-17(13-21)5-6-19-3-2-4-23(26(30)31)25(19)20-8-7-18-11-12-27-24(18)15-20/h2-4,7-8,11-12,15,17,21-22,27H,9-10,13-14H2,1H3,(H,30,31). The van der Waals surface area contributed by atoms with Crippen LogP contribution in [-0.2, 0) is 4.79 Å². The number of carboxylic acids is 1. The van der Waals surface area contributed by atoms with Crippen LogP contribution in [-0.4, -0.2) is 39.0 Å². The molecule has 2 fully saturated rings. The van der Waals surface area contributed by atoms with Crippen LogP contribution in [0.5, 0.6) is 0 Å². The van der Waals surface area contributed by atoms with Gasteiger partial charge >= 0.3 is 5.97 Å². The van der Waals surface area contributed by atoms with E-state index in [1.807, 2.05) is 41.4 Å². The minimum atomic E-state index is -0.960. The zero-order valence-electron chi connectivity index (χ0n) is 17.4. The van der Waals surface area contributed by atoms with Crippen LogP contribution in [0.3, 0.4) is 0 Å². The fraction of sp³-hybridized carbons (Fsp3) is 0.308. The van der Waals surface area contributed by atoms with E-state index in [0.717, 1.165) is 47.7 Å². The van der Waals surface area contributed by atoms with Crippen molar-refractivity contribution in [3.05, 3.63) is 59.8 Å². The number of aromatic amines is 1. The molecule has 2 saturated heterocycles. The summed E-state index contributed by atoms with van der Waals surface area (Å²) in [5.74, 6) is 6.15. The van der Waals surface area contributed by atoms with Crippen LogP contribution in [0, 0.1) is 17.8 Å². The van der Waals surface area contributed by atoms with E-state index in [0.29, 0.717) is 5.56 Å². The number of carbonyl (C=O) groups excluding carboxylic acids is 1. The van der Waals surface area contributed by atoms with Crippen LogP contribution in [0.15, 0.2) is 48.7 Å². The lowest BCUT2D eigenvalue weighted by Crippen LogP contribution is -2.45. The second-order valence-electron chi connectivity index (χ2n) is 8.56. The molecule has 2 aliphatic heterocycles. The molecule has 0 saturated carbocycles. The van der Waals surface area contributed by atoms with Crippen molar-refractivity contribution < 1.29 is 14.7 Å². The number of fused-ring (bicyclic) bond motifs is 3. The van der Waals surface area contributed by atoms with Crippen molar-refractivity contribution in [2.45, 2.75) is 44.7 Å². The molecule has 5 nitrogen and oxygen atoms in total. The van der Waals surface area contributed by atoms with Gasteiger partial charge in [0.25, 0.3) is 0 Å². The summed E-state index contributed by atoms with van der Waals surface area (Å²) in [6, 6.07) is 13.8. The van der Waals surface area contributed by atoms with Gasteiger partial charge in [0.2, 0.25) is 5.91 Å². The summed E-state index contributed by atoms with van der Waals surface area (Å²) >= 11 is 0. The van der Waals surface area contributed by atoms with Gasteiger partial charge in [-0.25, -0.2) is 4.79 Å². The van der Waals surface area contributed by atoms with E-state index in [2.05, 4.69) is 16.8 Å². The summed E-state index contributed by atoms with van der Waals surface area (Å²) in [7, 11) is 0. The van der Waals surface area contributed by atoms with E-state index in [1.54, 1.807) is 19.1 Å². The minimum Gasteiger partial charge on any atom is -0.478 e. The summed E-state index contributed by atoms with van der Waals surface area (Å²) in [4.78, 5) is 29.2. The molecule has 5 rings (SSSR count). The number of carbonyl (C=O) groups is 2. The maximum atomic E-state index is 12.0. The fourth-order valence-electron chi connectivity index (χ4n) is 5.34. The van der Waals surface area contributed by atoms with Gasteiger partial charge in [-0.2, -0.15) is 0 Å². The van der Waals surface area contributed by atoms with Gasteiger partial charge in [-0.15, -0.1) is 0 Å². The normalized spacial score (nSPS) is 22.2. The highest BCUT2D eigenvalue weighted by molar-refractivity contribution is 5.99. The summed E-state index contributed by atoms with van der Waals surface area (Å²) in [5, 5.41) is 10.9. The number of nitrogens with zero attached hydrogens (tertiary/aromatic N) is 1. The molecule has 2 unspecified atom stereocenters. The molecule has 1 aromatic heterocycles. The van der Waals surface area contributed by atoms with Crippen LogP contribution in [0.1, 0.15) is 48.5 Å². The molecule has 2 atom stereocenters. The number of piperidine rings is 1. The van der Waals surface area contributed by atoms with E-state index in [-0.39, 0.29) is 29.5 Å². The maximum Gasteiger partial charge on any atom is 0.336 e. The average molecular weight is 412 g/mol. The van der Waals surface area contributed by atoms with Crippen molar-refractivity contribution in [1.29, 1.82) is 0 Å². The third-order valence-corrected chi connectivity index (χ3v) is 6.65. The number of nitrogens with one attached hydrogen (secondary N) is 1. The molecule has 2 aliphatic rings. The quantitative estimate of drug-likeness (QED) is 0.601. The van der Waals surface area contributed by atoms with E-state index in [4.69, 9.17) is 0 Å². The molecule has 2 bridgehead atoms. The third kappa shape index (κ3) is 3.48. The third-order valence-electron chi connectivity index (χ3n) is 6.65. The number of amides is 1. The second-order valence-corrected chi connectivity index (χ2v) is 8.56. The molecular weight excluding hydrogens is 388 g/mol. The predicted molar refractivity (Wildman–Crippen MR) is 120 cm³/mol. The first-order valence-corrected chi connectivity index (χ1v) is 10.8. The van der Waals surface area contributed by atoms with Crippen molar-refractivity contribution in [2.75, 3.05) is 0 Å². The van der Waals surface area contributed by atoms with Crippen LogP contribution in [0.4, 0.5) is 0 Å². The number of aromatic nitrogens is 1. The molecule has 2 aromatic carbocycles. The molecule has 1 amide bonds. The van der Waals surface area contributed by atoms with Gasteiger partial charge in [-0.1, -0.05) is 30.0 Å². The smallest absolute Gasteiger partial charge is 0.336 e. The fourth-order valence-corrected chi connectivity index (χ4v) is 5.34. The topological polar surface area (TPSA) is 73.4 Å². The Kier molecular flexibility index (Phi) is 4.78. The van der Waals surface area contributed by atoms with Gasteiger partial charge in [0.15, 0.2) is 0 Å². The van der Waals surface area contributed by atoms with Crippen molar-refractivity contribution >= 4 is 22.8 Å². The Bertz CT molecular complexity index is 1230. The van der Waals surface area contributed by atoms with Crippen LogP contribution in [0.25, 0.3) is 22.0 Å². The monoisotopic (exact) mass is 412 g/mol. The van der Waals surface area contributed by atoms with E-state index < -0.39 is 5.97 Å². The summed E-state index contributed by atoms with van der Waals surface area (Å²) in [5.41, 5.74) is 3.44. The Labute approximate surface area is 181 Å². The Balaban J connectivity index is 1.52. The zero-order valence-corrected chi connectivity index (χ0v) is 17.4. The van der Waals surface area contributed by atoms with Gasteiger partial charge in [-0.05, 0) is 60.9 Å². The summed E-state index contributed by atoms with van der Waals surface area (Å²) < 4.78 is 0. The van der Waals surface area contributed by atoms with E-state index >= 15 is 0 Å². The molecule has 31 heavy (non-hydrogen) atoms. The largest absolute Gasteiger partial charge is 0.478 e. The molecule has 0 aliphatic carbocycles. The highest BCUT2D eigenvalue weighted by atomic mass is 16.4. The van der Waals surface area contributed by atoms with Gasteiger partial charge in [0, 0.05) is 47.8 Å². The average Bonchev–Trinajstić information content (AvgIpc) is 3.33. The Morgan fingerprint density at radius 1 is 1.10 bits per heavy atom. The molecule has 3 aromatic rings.